The van der Waals surface area contributed by atoms with E-state index in [0.29, 0.717) is 25.9 Å². The Morgan fingerprint density at radius 2 is 2.00 bits per heavy atom. The molecule has 1 aliphatic heterocycles. The third-order valence-corrected chi connectivity index (χ3v) is 5.39. The fourth-order valence-electron chi connectivity index (χ4n) is 3.92. The summed E-state index contributed by atoms with van der Waals surface area (Å²) < 4.78 is 12.0. The first-order valence-corrected chi connectivity index (χ1v) is 9.27. The third kappa shape index (κ3) is 3.71. The number of carboxylic acids is 1. The van der Waals surface area contributed by atoms with Crippen molar-refractivity contribution in [1.82, 2.24) is 9.88 Å². The fraction of sp³-hybridized carbons (Fsp3) is 0.611. The van der Waals surface area contributed by atoms with Crippen molar-refractivity contribution >= 4 is 28.0 Å². The molecular weight excluding hydrogens is 404 g/mol. The number of rotatable bonds is 4. The van der Waals surface area contributed by atoms with Crippen LogP contribution in [0.5, 0.6) is 0 Å². The van der Waals surface area contributed by atoms with Crippen LogP contribution in [-0.2, 0) is 19.9 Å². The number of nitrogens with zero attached hydrogens (tertiary/aromatic N) is 2. The molecule has 3 rings (SSSR count). The maximum atomic E-state index is 12.1. The number of halogens is 1. The van der Waals surface area contributed by atoms with Crippen LogP contribution in [0.1, 0.15) is 39.2 Å². The van der Waals surface area contributed by atoms with E-state index in [0.717, 1.165) is 10.0 Å². The average molecular weight is 427 g/mol. The molecule has 1 amide bonds. The Kier molecular flexibility index (Phi) is 4.77. The molecule has 0 bridgehead atoms. The van der Waals surface area contributed by atoms with Gasteiger partial charge in [-0.2, -0.15) is 0 Å². The third-order valence-electron chi connectivity index (χ3n) is 4.76. The maximum absolute atomic E-state index is 12.1. The van der Waals surface area contributed by atoms with E-state index in [-0.39, 0.29) is 18.1 Å². The molecule has 1 saturated carbocycles. The van der Waals surface area contributed by atoms with E-state index >= 15 is 0 Å². The first-order valence-electron chi connectivity index (χ1n) is 8.48. The quantitative estimate of drug-likeness (QED) is 0.794. The number of pyridine rings is 1. The molecule has 2 aliphatic rings. The lowest BCUT2D eigenvalue weighted by Gasteiger charge is -2.63. The van der Waals surface area contributed by atoms with Crippen LogP contribution in [0.2, 0.25) is 0 Å². The molecule has 26 heavy (non-hydrogen) atoms. The van der Waals surface area contributed by atoms with Gasteiger partial charge in [-0.25, -0.2) is 9.59 Å². The molecule has 1 N–H and O–H groups in total. The summed E-state index contributed by atoms with van der Waals surface area (Å²) in [6.07, 6.45) is 4.37. The van der Waals surface area contributed by atoms with E-state index in [9.17, 15) is 9.59 Å². The Morgan fingerprint density at radius 3 is 2.54 bits per heavy atom. The maximum Gasteiger partial charge on any atom is 0.410 e. The molecule has 1 saturated heterocycles. The number of likely N-dealkylation sites (tertiary alicyclic amines) is 1. The zero-order valence-electron chi connectivity index (χ0n) is 15.1. The number of ether oxygens (including phenoxy) is 2. The zero-order valence-corrected chi connectivity index (χ0v) is 16.7. The lowest BCUT2D eigenvalue weighted by Crippen LogP contribution is -2.69. The molecule has 0 unspecified atom stereocenters. The van der Waals surface area contributed by atoms with Crippen molar-refractivity contribution < 1.29 is 24.2 Å². The van der Waals surface area contributed by atoms with Gasteiger partial charge in [-0.3, -0.25) is 4.98 Å². The molecular formula is C18H23BrN2O5. The molecule has 8 heteroatoms. The van der Waals surface area contributed by atoms with E-state index in [1.165, 1.54) is 0 Å². The number of hydrogen-bond acceptors (Lipinski definition) is 5. The van der Waals surface area contributed by atoms with Gasteiger partial charge in [0, 0.05) is 40.9 Å². The van der Waals surface area contributed by atoms with Crippen LogP contribution in [0, 0.1) is 5.41 Å². The van der Waals surface area contributed by atoms with Crippen molar-refractivity contribution in [3.05, 3.63) is 28.5 Å². The highest BCUT2D eigenvalue weighted by molar-refractivity contribution is 9.10. The van der Waals surface area contributed by atoms with Crippen LogP contribution in [0.25, 0.3) is 0 Å². The van der Waals surface area contributed by atoms with Gasteiger partial charge in [0.1, 0.15) is 12.2 Å². The van der Waals surface area contributed by atoms with Crippen LogP contribution < -0.4 is 0 Å². The van der Waals surface area contributed by atoms with E-state index in [1.54, 1.807) is 17.3 Å². The van der Waals surface area contributed by atoms with Crippen molar-refractivity contribution in [3.8, 4) is 0 Å². The zero-order chi connectivity index (χ0) is 19.2. The predicted molar refractivity (Wildman–Crippen MR) is 96.7 cm³/mol. The molecule has 1 aromatic rings. The van der Waals surface area contributed by atoms with Crippen molar-refractivity contribution in [3.63, 3.8) is 0 Å². The molecule has 1 aromatic heterocycles. The van der Waals surface area contributed by atoms with Crippen LogP contribution in [-0.4, -0.2) is 52.4 Å². The van der Waals surface area contributed by atoms with Gasteiger partial charge in [0.15, 0.2) is 0 Å². The second kappa shape index (κ2) is 6.49. The van der Waals surface area contributed by atoms with Gasteiger partial charge in [-0.05, 0) is 55.6 Å². The van der Waals surface area contributed by atoms with E-state index < -0.39 is 17.2 Å². The van der Waals surface area contributed by atoms with Crippen LogP contribution >= 0.6 is 15.9 Å². The van der Waals surface area contributed by atoms with Gasteiger partial charge < -0.3 is 19.5 Å². The second-order valence-electron chi connectivity index (χ2n) is 8.22. The minimum absolute atomic E-state index is 0.0435. The minimum atomic E-state index is -1.00. The van der Waals surface area contributed by atoms with E-state index in [4.69, 9.17) is 14.6 Å². The summed E-state index contributed by atoms with van der Waals surface area (Å²) in [5.74, 6) is -1.00. The van der Waals surface area contributed by atoms with E-state index in [2.05, 4.69) is 20.9 Å². The number of hydrogen-bond donors (Lipinski definition) is 1. The van der Waals surface area contributed by atoms with Crippen LogP contribution in [0.4, 0.5) is 4.79 Å². The number of carboxylic acid groups (broad SMARTS) is 1. The summed E-state index contributed by atoms with van der Waals surface area (Å²) in [6.45, 7) is 6.37. The molecule has 1 spiro atoms. The Labute approximate surface area is 160 Å². The largest absolute Gasteiger partial charge is 0.480 e. The van der Waals surface area contributed by atoms with Gasteiger partial charge in [-0.15, -0.1) is 0 Å². The second-order valence-corrected chi connectivity index (χ2v) is 9.08. The highest BCUT2D eigenvalue weighted by atomic mass is 79.9. The van der Waals surface area contributed by atoms with Gasteiger partial charge in [0.25, 0.3) is 0 Å². The average Bonchev–Trinajstić information content (AvgIpc) is 2.43. The number of amides is 1. The number of aromatic nitrogens is 1. The van der Waals surface area contributed by atoms with Gasteiger partial charge >= 0.3 is 12.1 Å². The summed E-state index contributed by atoms with van der Waals surface area (Å²) in [5.41, 5.74) is -0.330. The summed E-state index contributed by atoms with van der Waals surface area (Å²) in [6, 6.07) is 1.85. The highest BCUT2D eigenvalue weighted by Crippen LogP contribution is 2.61. The monoisotopic (exact) mass is 426 g/mol. The summed E-state index contributed by atoms with van der Waals surface area (Å²) in [5, 5.41) is 9.02. The van der Waals surface area contributed by atoms with Crippen LogP contribution in [0.15, 0.2) is 22.9 Å². The molecule has 1 aliphatic carbocycles. The topological polar surface area (TPSA) is 89.0 Å². The first-order chi connectivity index (χ1) is 12.0. The fourth-order valence-corrected chi connectivity index (χ4v) is 4.53. The van der Waals surface area contributed by atoms with Crippen LogP contribution in [0.3, 0.4) is 0 Å². The Morgan fingerprint density at radius 1 is 1.35 bits per heavy atom. The van der Waals surface area contributed by atoms with Gasteiger partial charge in [0.05, 0.1) is 5.60 Å². The standard InChI is InChI=1S/C18H23BrN2O5/c1-16(2,3)26-15(24)21-10-17(11-21)8-18(9-17,25-7-14(22)23)12-4-5-20-6-13(12)19/h4-6H,7-11H2,1-3H3,(H,22,23). The molecule has 2 fully saturated rings. The highest BCUT2D eigenvalue weighted by Gasteiger charge is 2.63. The van der Waals surface area contributed by atoms with Crippen molar-refractivity contribution in [2.75, 3.05) is 19.7 Å². The van der Waals surface area contributed by atoms with Crippen molar-refractivity contribution in [2.45, 2.75) is 44.8 Å². The van der Waals surface area contributed by atoms with Gasteiger partial charge in [-0.1, -0.05) is 0 Å². The molecule has 7 nitrogen and oxygen atoms in total. The smallest absolute Gasteiger partial charge is 0.410 e. The number of carbonyl (C=O) groups excluding carboxylic acids is 1. The lowest BCUT2D eigenvalue weighted by atomic mass is 9.53. The van der Waals surface area contributed by atoms with E-state index in [1.807, 2.05) is 26.8 Å². The molecule has 2 heterocycles. The Hall–Kier alpha value is -1.67. The summed E-state index contributed by atoms with van der Waals surface area (Å²) in [4.78, 5) is 28.9. The molecule has 0 radical (unpaired) electrons. The van der Waals surface area contributed by atoms with Crippen molar-refractivity contribution in [2.24, 2.45) is 5.41 Å². The SMILES string of the molecule is CC(C)(C)OC(=O)N1CC2(C1)CC(OCC(=O)O)(c1ccncc1Br)C2. The lowest BCUT2D eigenvalue weighted by molar-refractivity contribution is -0.220. The van der Waals surface area contributed by atoms with Crippen molar-refractivity contribution in [1.29, 1.82) is 0 Å². The number of carbonyl (C=O) groups is 2. The summed E-state index contributed by atoms with van der Waals surface area (Å²) in [7, 11) is 0. The molecule has 0 atom stereocenters. The summed E-state index contributed by atoms with van der Waals surface area (Å²) >= 11 is 3.48. The normalized spacial score (nSPS) is 20.2. The Balaban J connectivity index is 1.68. The Bertz CT molecular complexity index is 717. The molecule has 142 valence electrons. The predicted octanol–water partition coefficient (Wildman–Crippen LogP) is 3.17. The minimum Gasteiger partial charge on any atom is -0.480 e. The first kappa shape index (κ1) is 19.1. The number of aliphatic carboxylic acids is 1. The molecule has 0 aromatic carbocycles. The van der Waals surface area contributed by atoms with Gasteiger partial charge in [0.2, 0.25) is 0 Å².